The summed E-state index contributed by atoms with van der Waals surface area (Å²) in [5, 5.41) is 0. The van der Waals surface area contributed by atoms with Crippen LogP contribution in [0.2, 0.25) is 0 Å². The van der Waals surface area contributed by atoms with Crippen LogP contribution >= 0.6 is 23.2 Å². The molecule has 2 rings (SSSR count). The summed E-state index contributed by atoms with van der Waals surface area (Å²) < 4.78 is 10.2. The number of carbonyl (C=O) groups excluding carboxylic acids is 1. The molecule has 0 saturated heterocycles. The van der Waals surface area contributed by atoms with Gasteiger partial charge < -0.3 is 9.47 Å². The van der Waals surface area contributed by atoms with Crippen LogP contribution in [0.25, 0.3) is 11.1 Å². The van der Waals surface area contributed by atoms with Gasteiger partial charge in [0, 0.05) is 22.2 Å². The molecular weight excluding hydrogens is 347 g/mol. The van der Waals surface area contributed by atoms with Gasteiger partial charge in [-0.25, -0.2) is 0 Å². The average molecular weight is 363 g/mol. The largest absolute Gasteiger partial charge is 0.497 e. The molecule has 0 N–H and O–H groups in total. The predicted molar refractivity (Wildman–Crippen MR) is 98.7 cm³/mol. The lowest BCUT2D eigenvalue weighted by Crippen LogP contribution is -2.05. The Balaban J connectivity index is 2.34. The Bertz CT molecular complexity index is 695. The smallest absolute Gasteiger partial charge is 0.195 e. The Morgan fingerprint density at radius 1 is 0.750 bits per heavy atom. The van der Waals surface area contributed by atoms with E-state index in [9.17, 15) is 4.79 Å². The summed E-state index contributed by atoms with van der Waals surface area (Å²) in [7, 11) is 3.16. The highest BCUT2D eigenvalue weighted by atomic mass is 35.5. The standard InChI is InChI=1S/C19H16Cl2O3/c1-23-15-7-3-13(4-8-15)17(11-20)19(22)18(12-21)14-5-9-16(24-2)10-6-14/h3-12H,1-2H3/b17-11-,18-12-. The highest BCUT2D eigenvalue weighted by Crippen LogP contribution is 2.28. The van der Waals surface area contributed by atoms with E-state index in [0.29, 0.717) is 33.8 Å². The second kappa shape index (κ2) is 8.57. The molecule has 0 spiro atoms. The van der Waals surface area contributed by atoms with Crippen LogP contribution in [0.5, 0.6) is 11.5 Å². The molecule has 24 heavy (non-hydrogen) atoms. The van der Waals surface area contributed by atoms with Crippen LogP contribution < -0.4 is 9.47 Å². The van der Waals surface area contributed by atoms with Crippen LogP contribution in [0.15, 0.2) is 59.6 Å². The van der Waals surface area contributed by atoms with Crippen LogP contribution in [0, 0.1) is 0 Å². The second-order valence-electron chi connectivity index (χ2n) is 4.83. The van der Waals surface area contributed by atoms with E-state index in [2.05, 4.69) is 0 Å². The summed E-state index contributed by atoms with van der Waals surface area (Å²) in [4.78, 5) is 12.8. The normalized spacial score (nSPS) is 12.0. The van der Waals surface area contributed by atoms with Gasteiger partial charge in [-0.1, -0.05) is 47.5 Å². The van der Waals surface area contributed by atoms with Crippen molar-refractivity contribution in [1.82, 2.24) is 0 Å². The lowest BCUT2D eigenvalue weighted by atomic mass is 9.94. The number of halogens is 2. The predicted octanol–water partition coefficient (Wildman–Crippen LogP) is 5.13. The zero-order valence-electron chi connectivity index (χ0n) is 13.3. The number of ketones is 1. The summed E-state index contributed by atoms with van der Waals surface area (Å²) in [6.45, 7) is 0. The van der Waals surface area contributed by atoms with Crippen molar-refractivity contribution >= 4 is 40.1 Å². The number of ether oxygens (including phenoxy) is 2. The molecule has 0 aliphatic rings. The van der Waals surface area contributed by atoms with Crippen molar-refractivity contribution in [2.24, 2.45) is 0 Å². The van der Waals surface area contributed by atoms with Crippen molar-refractivity contribution in [1.29, 1.82) is 0 Å². The SMILES string of the molecule is COc1ccc(/C(=C/Cl)C(=O)/C(=C\Cl)c2ccc(OC)cc2)cc1. The minimum absolute atomic E-state index is 0.268. The van der Waals surface area contributed by atoms with Gasteiger partial charge in [0.25, 0.3) is 0 Å². The van der Waals surface area contributed by atoms with Gasteiger partial charge in [0.1, 0.15) is 11.5 Å². The molecule has 0 atom stereocenters. The lowest BCUT2D eigenvalue weighted by molar-refractivity contribution is -0.108. The first-order chi connectivity index (χ1) is 11.6. The maximum Gasteiger partial charge on any atom is 0.195 e. The number of Topliss-reactive ketones (excluding diaryl/α,β-unsaturated/α-hetero) is 1. The van der Waals surface area contributed by atoms with E-state index in [-0.39, 0.29) is 5.78 Å². The van der Waals surface area contributed by atoms with Crippen LogP contribution in [0.1, 0.15) is 11.1 Å². The molecule has 0 radical (unpaired) electrons. The van der Waals surface area contributed by atoms with Gasteiger partial charge in [0.05, 0.1) is 14.2 Å². The number of allylic oxidation sites excluding steroid dienone is 2. The van der Waals surface area contributed by atoms with Gasteiger partial charge in [0.2, 0.25) is 0 Å². The zero-order valence-corrected chi connectivity index (χ0v) is 14.8. The fraction of sp³-hybridized carbons (Fsp3) is 0.105. The fourth-order valence-electron chi connectivity index (χ4n) is 2.17. The average Bonchev–Trinajstić information content (AvgIpc) is 2.64. The first kappa shape index (κ1) is 18.1. The molecule has 5 heteroatoms. The van der Waals surface area contributed by atoms with Crippen molar-refractivity contribution in [2.45, 2.75) is 0 Å². The highest BCUT2D eigenvalue weighted by molar-refractivity contribution is 6.49. The first-order valence-corrected chi connectivity index (χ1v) is 7.96. The molecule has 0 aliphatic carbocycles. The van der Waals surface area contributed by atoms with Crippen molar-refractivity contribution in [3.63, 3.8) is 0 Å². The molecule has 0 aromatic heterocycles. The quantitative estimate of drug-likeness (QED) is 0.668. The molecule has 0 saturated carbocycles. The minimum atomic E-state index is -0.268. The van der Waals surface area contributed by atoms with E-state index >= 15 is 0 Å². The molecule has 0 heterocycles. The third-order valence-electron chi connectivity index (χ3n) is 3.51. The molecule has 0 unspecified atom stereocenters. The molecule has 0 aliphatic heterocycles. The van der Waals surface area contributed by atoms with Crippen molar-refractivity contribution < 1.29 is 14.3 Å². The topological polar surface area (TPSA) is 35.5 Å². The van der Waals surface area contributed by atoms with Crippen molar-refractivity contribution in [3.05, 3.63) is 70.7 Å². The molecule has 2 aromatic carbocycles. The van der Waals surface area contributed by atoms with Gasteiger partial charge in [-0.15, -0.1) is 0 Å². The van der Waals surface area contributed by atoms with Gasteiger partial charge in [-0.05, 0) is 35.4 Å². The van der Waals surface area contributed by atoms with E-state index in [1.807, 2.05) is 0 Å². The van der Waals surface area contributed by atoms with E-state index in [0.717, 1.165) is 0 Å². The molecule has 124 valence electrons. The fourth-order valence-corrected chi connectivity index (χ4v) is 2.62. The van der Waals surface area contributed by atoms with E-state index in [1.165, 1.54) is 11.1 Å². The maximum atomic E-state index is 12.8. The van der Waals surface area contributed by atoms with Gasteiger partial charge >= 0.3 is 0 Å². The Morgan fingerprint density at radius 2 is 1.08 bits per heavy atom. The molecule has 0 fully saturated rings. The molecule has 2 aromatic rings. The number of hydrogen-bond donors (Lipinski definition) is 0. The van der Waals surface area contributed by atoms with Crippen molar-refractivity contribution in [3.8, 4) is 11.5 Å². The molecule has 0 bridgehead atoms. The van der Waals surface area contributed by atoms with Crippen LogP contribution in [-0.4, -0.2) is 20.0 Å². The summed E-state index contributed by atoms with van der Waals surface area (Å²) in [5.41, 5.74) is 4.58. The summed E-state index contributed by atoms with van der Waals surface area (Å²) in [6, 6.07) is 14.1. The number of hydrogen-bond acceptors (Lipinski definition) is 3. The Labute approximate surface area is 151 Å². The number of methoxy groups -OCH3 is 2. The number of carbonyl (C=O) groups is 1. The molecule has 0 amide bonds. The van der Waals surface area contributed by atoms with Gasteiger partial charge in [-0.3, -0.25) is 4.79 Å². The Morgan fingerprint density at radius 3 is 1.33 bits per heavy atom. The summed E-state index contributed by atoms with van der Waals surface area (Å²) in [5.74, 6) is 1.13. The van der Waals surface area contributed by atoms with Gasteiger partial charge in [-0.2, -0.15) is 0 Å². The lowest BCUT2D eigenvalue weighted by Gasteiger charge is -2.10. The molecular formula is C19H16Cl2O3. The second-order valence-corrected chi connectivity index (χ2v) is 5.27. The Hall–Kier alpha value is -2.23. The van der Waals surface area contributed by atoms with Crippen LogP contribution in [0.4, 0.5) is 0 Å². The maximum absolute atomic E-state index is 12.8. The highest BCUT2D eigenvalue weighted by Gasteiger charge is 2.18. The number of rotatable bonds is 6. The van der Waals surface area contributed by atoms with E-state index in [1.54, 1.807) is 62.8 Å². The summed E-state index contributed by atoms with van der Waals surface area (Å²) >= 11 is 11.8. The molecule has 3 nitrogen and oxygen atoms in total. The summed E-state index contributed by atoms with van der Waals surface area (Å²) in [6.07, 6.45) is 0. The number of benzene rings is 2. The van der Waals surface area contributed by atoms with Gasteiger partial charge in [0.15, 0.2) is 5.78 Å². The van der Waals surface area contributed by atoms with E-state index < -0.39 is 0 Å². The minimum Gasteiger partial charge on any atom is -0.497 e. The third kappa shape index (κ3) is 3.99. The van der Waals surface area contributed by atoms with Crippen LogP contribution in [0.3, 0.4) is 0 Å². The zero-order chi connectivity index (χ0) is 17.5. The monoisotopic (exact) mass is 362 g/mol. The first-order valence-electron chi connectivity index (χ1n) is 7.09. The van der Waals surface area contributed by atoms with Crippen molar-refractivity contribution in [2.75, 3.05) is 14.2 Å². The van der Waals surface area contributed by atoms with E-state index in [4.69, 9.17) is 32.7 Å². The third-order valence-corrected chi connectivity index (χ3v) is 3.95. The van der Waals surface area contributed by atoms with Crippen LogP contribution in [-0.2, 0) is 4.79 Å². The Kier molecular flexibility index (Phi) is 6.47.